The van der Waals surface area contributed by atoms with Crippen molar-refractivity contribution in [2.24, 2.45) is 0 Å². The van der Waals surface area contributed by atoms with Crippen LogP contribution in [0.5, 0.6) is 0 Å². The van der Waals surface area contributed by atoms with Crippen molar-refractivity contribution in [3.05, 3.63) is 75.2 Å². The maximum Gasteiger partial charge on any atom is 0.293 e. The average molecular weight is 416 g/mol. The fourth-order valence-electron chi connectivity index (χ4n) is 2.97. The molecule has 0 spiro atoms. The van der Waals surface area contributed by atoms with Gasteiger partial charge in [0.05, 0.1) is 17.3 Å². The maximum absolute atomic E-state index is 12.8. The number of carbonyl (C=O) groups is 1. The van der Waals surface area contributed by atoms with Crippen molar-refractivity contribution >= 4 is 34.8 Å². The van der Waals surface area contributed by atoms with Gasteiger partial charge in [0.1, 0.15) is 0 Å². The number of aromatic nitrogens is 2. The Morgan fingerprint density at radius 2 is 1.96 bits per heavy atom. The second-order valence-electron chi connectivity index (χ2n) is 6.30. The van der Waals surface area contributed by atoms with Crippen LogP contribution in [0.2, 0.25) is 10.0 Å². The lowest BCUT2D eigenvalue weighted by atomic mass is 10.0. The number of nitrogens with zero attached hydrogens (tertiary/aromatic N) is 2. The number of aryl methyl sites for hydroxylation is 2. The zero-order valence-corrected chi connectivity index (χ0v) is 17.0. The van der Waals surface area contributed by atoms with Crippen LogP contribution >= 0.6 is 23.2 Å². The molecule has 1 heterocycles. The normalized spacial score (nSPS) is 10.8. The first-order valence-electron chi connectivity index (χ1n) is 8.76. The van der Waals surface area contributed by atoms with Crippen molar-refractivity contribution in [3.8, 4) is 11.3 Å². The lowest BCUT2D eigenvalue weighted by Crippen LogP contribution is -2.18. The lowest BCUT2D eigenvalue weighted by Gasteiger charge is -2.14. The van der Waals surface area contributed by atoms with Crippen LogP contribution in [0.15, 0.2) is 42.6 Å². The number of carbonyl (C=O) groups excluding carboxylic acids is 1. The molecule has 28 heavy (non-hydrogen) atoms. The van der Waals surface area contributed by atoms with Gasteiger partial charge in [-0.3, -0.25) is 4.79 Å². The molecule has 0 radical (unpaired) electrons. The number of halogens is 2. The van der Waals surface area contributed by atoms with Gasteiger partial charge in [0.15, 0.2) is 0 Å². The van der Waals surface area contributed by atoms with Crippen molar-refractivity contribution in [2.45, 2.75) is 26.9 Å². The van der Waals surface area contributed by atoms with E-state index in [0.717, 1.165) is 16.7 Å². The summed E-state index contributed by atoms with van der Waals surface area (Å²) < 4.78 is 0. The molecule has 1 aromatic heterocycles. The Labute approximate surface area is 173 Å². The third-order valence-corrected chi connectivity index (χ3v) is 4.91. The van der Waals surface area contributed by atoms with E-state index in [2.05, 4.69) is 15.3 Å². The standard InChI is InChI=1S/C21H19Cl2N3O2/c1-3-14-9-13(11-27)8-12(2)19(14)26-21(28)20-24-7-6-18(25-20)16-10-15(22)4-5-17(16)23/h4-10,27H,3,11H2,1-2H3,(H,26,28). The second kappa shape index (κ2) is 8.69. The number of hydrogen-bond donors (Lipinski definition) is 2. The third-order valence-electron chi connectivity index (χ3n) is 4.34. The van der Waals surface area contributed by atoms with Crippen LogP contribution in [0.4, 0.5) is 5.69 Å². The van der Waals surface area contributed by atoms with E-state index >= 15 is 0 Å². The molecule has 0 aliphatic heterocycles. The summed E-state index contributed by atoms with van der Waals surface area (Å²) in [5.41, 5.74) is 4.46. The number of rotatable bonds is 5. The van der Waals surface area contributed by atoms with E-state index in [1.165, 1.54) is 6.20 Å². The molecule has 3 rings (SSSR count). The van der Waals surface area contributed by atoms with Crippen LogP contribution < -0.4 is 5.32 Å². The highest BCUT2D eigenvalue weighted by Crippen LogP contribution is 2.29. The van der Waals surface area contributed by atoms with E-state index in [9.17, 15) is 9.90 Å². The first-order chi connectivity index (χ1) is 13.4. The highest BCUT2D eigenvalue weighted by molar-refractivity contribution is 6.35. The quantitative estimate of drug-likeness (QED) is 0.609. The van der Waals surface area contributed by atoms with Gasteiger partial charge in [0.25, 0.3) is 5.91 Å². The Balaban J connectivity index is 1.94. The van der Waals surface area contributed by atoms with Crippen LogP contribution in [-0.4, -0.2) is 21.0 Å². The summed E-state index contributed by atoms with van der Waals surface area (Å²) in [6.07, 6.45) is 2.22. The van der Waals surface area contributed by atoms with E-state index < -0.39 is 5.91 Å². The van der Waals surface area contributed by atoms with Crippen LogP contribution in [0.1, 0.15) is 34.2 Å². The molecular formula is C21H19Cl2N3O2. The first kappa shape index (κ1) is 20.3. The summed E-state index contributed by atoms with van der Waals surface area (Å²) in [4.78, 5) is 21.2. The molecule has 0 fully saturated rings. The number of nitrogens with one attached hydrogen (secondary N) is 1. The van der Waals surface area contributed by atoms with Gasteiger partial charge in [-0.2, -0.15) is 0 Å². The molecule has 3 aromatic rings. The Bertz CT molecular complexity index is 1040. The number of aliphatic hydroxyl groups is 1. The summed E-state index contributed by atoms with van der Waals surface area (Å²) in [7, 11) is 0. The number of aliphatic hydroxyl groups excluding tert-OH is 1. The van der Waals surface area contributed by atoms with Gasteiger partial charge < -0.3 is 10.4 Å². The number of hydrogen-bond acceptors (Lipinski definition) is 4. The molecule has 0 aliphatic rings. The Kier molecular flexibility index (Phi) is 6.29. The van der Waals surface area contributed by atoms with Crippen LogP contribution in [0, 0.1) is 6.92 Å². The van der Waals surface area contributed by atoms with Gasteiger partial charge >= 0.3 is 0 Å². The third kappa shape index (κ3) is 4.33. The fourth-order valence-corrected chi connectivity index (χ4v) is 3.36. The van der Waals surface area contributed by atoms with Gasteiger partial charge in [-0.25, -0.2) is 9.97 Å². The van der Waals surface area contributed by atoms with Crippen molar-refractivity contribution in [1.29, 1.82) is 0 Å². The zero-order valence-electron chi connectivity index (χ0n) is 15.5. The minimum absolute atomic E-state index is 0.0289. The molecule has 5 nitrogen and oxygen atoms in total. The van der Waals surface area contributed by atoms with E-state index in [1.807, 2.05) is 26.0 Å². The van der Waals surface area contributed by atoms with Gasteiger partial charge in [0, 0.05) is 22.5 Å². The van der Waals surface area contributed by atoms with Crippen LogP contribution in [-0.2, 0) is 13.0 Å². The molecule has 0 aliphatic carbocycles. The van der Waals surface area contributed by atoms with Crippen LogP contribution in [0.25, 0.3) is 11.3 Å². The molecule has 2 N–H and O–H groups in total. The summed E-state index contributed by atoms with van der Waals surface area (Å²) >= 11 is 12.3. The predicted octanol–water partition coefficient (Wildman–Crippen LogP) is 5.07. The molecule has 2 aromatic carbocycles. The van der Waals surface area contributed by atoms with Crippen LogP contribution in [0.3, 0.4) is 0 Å². The summed E-state index contributed by atoms with van der Waals surface area (Å²) in [6.45, 7) is 3.83. The van der Waals surface area contributed by atoms with Gasteiger partial charge in [-0.05, 0) is 54.3 Å². The summed E-state index contributed by atoms with van der Waals surface area (Å²) in [5, 5.41) is 13.3. The van der Waals surface area contributed by atoms with Crippen molar-refractivity contribution in [1.82, 2.24) is 9.97 Å². The topological polar surface area (TPSA) is 75.1 Å². The second-order valence-corrected chi connectivity index (χ2v) is 7.15. The minimum atomic E-state index is -0.422. The van der Waals surface area contributed by atoms with E-state index in [0.29, 0.717) is 33.4 Å². The molecule has 144 valence electrons. The molecule has 1 amide bonds. The Morgan fingerprint density at radius 1 is 1.18 bits per heavy atom. The number of anilines is 1. The number of benzene rings is 2. The molecule has 0 unspecified atom stereocenters. The van der Waals surface area contributed by atoms with Gasteiger partial charge in [-0.15, -0.1) is 0 Å². The minimum Gasteiger partial charge on any atom is -0.392 e. The van der Waals surface area contributed by atoms with Crippen molar-refractivity contribution in [3.63, 3.8) is 0 Å². The largest absolute Gasteiger partial charge is 0.392 e. The molecule has 0 atom stereocenters. The summed E-state index contributed by atoms with van der Waals surface area (Å²) in [6, 6.07) is 10.5. The van der Waals surface area contributed by atoms with Crippen molar-refractivity contribution < 1.29 is 9.90 Å². The SMILES string of the molecule is CCc1cc(CO)cc(C)c1NC(=O)c1nccc(-c2cc(Cl)ccc2Cl)n1. The van der Waals surface area contributed by atoms with Gasteiger partial charge in [-0.1, -0.05) is 42.3 Å². The smallest absolute Gasteiger partial charge is 0.293 e. The average Bonchev–Trinajstić information content (AvgIpc) is 2.71. The molecular weight excluding hydrogens is 397 g/mol. The molecule has 0 saturated heterocycles. The van der Waals surface area contributed by atoms with E-state index in [4.69, 9.17) is 23.2 Å². The highest BCUT2D eigenvalue weighted by Gasteiger charge is 2.16. The first-order valence-corrected chi connectivity index (χ1v) is 9.51. The maximum atomic E-state index is 12.8. The monoisotopic (exact) mass is 415 g/mol. The fraction of sp³-hybridized carbons (Fsp3) is 0.190. The zero-order chi connectivity index (χ0) is 20.3. The predicted molar refractivity (Wildman–Crippen MR) is 112 cm³/mol. The summed E-state index contributed by atoms with van der Waals surface area (Å²) in [5.74, 6) is -0.393. The number of amides is 1. The molecule has 7 heteroatoms. The lowest BCUT2D eigenvalue weighted by molar-refractivity contribution is 0.101. The van der Waals surface area contributed by atoms with E-state index in [1.54, 1.807) is 24.3 Å². The molecule has 0 bridgehead atoms. The highest BCUT2D eigenvalue weighted by atomic mass is 35.5. The van der Waals surface area contributed by atoms with Gasteiger partial charge in [0.2, 0.25) is 5.82 Å². The van der Waals surface area contributed by atoms with E-state index in [-0.39, 0.29) is 12.4 Å². The van der Waals surface area contributed by atoms with Crippen molar-refractivity contribution in [2.75, 3.05) is 5.32 Å². The Morgan fingerprint density at radius 3 is 2.68 bits per heavy atom. The Hall–Kier alpha value is -2.47. The molecule has 0 saturated carbocycles.